The average molecular weight is 260 g/mol. The number of alkyl halides is 3. The van der Waals surface area contributed by atoms with E-state index in [1.165, 1.54) is 12.1 Å². The first-order valence-electron chi connectivity index (χ1n) is 6.02. The number of nitrogens with one attached hydrogen (secondary N) is 1. The van der Waals surface area contributed by atoms with Crippen LogP contribution in [0.3, 0.4) is 0 Å². The number of hydrogen-bond acceptors (Lipinski definition) is 2. The summed E-state index contributed by atoms with van der Waals surface area (Å²) in [4.78, 5) is 0. The van der Waals surface area contributed by atoms with Crippen LogP contribution in [0.1, 0.15) is 43.9 Å². The minimum Gasteiger partial charge on any atom is -0.271 e. The van der Waals surface area contributed by atoms with E-state index in [1.807, 2.05) is 13.8 Å². The number of nitrogens with two attached hydrogens (primary N) is 1. The van der Waals surface area contributed by atoms with Crippen molar-refractivity contribution >= 4 is 0 Å². The summed E-state index contributed by atoms with van der Waals surface area (Å²) in [5.41, 5.74) is 2.10. The summed E-state index contributed by atoms with van der Waals surface area (Å²) in [7, 11) is 0. The second kappa shape index (κ2) is 6.20. The summed E-state index contributed by atoms with van der Waals surface area (Å²) in [6.07, 6.45) is -2.85. The number of hydrazine groups is 1. The van der Waals surface area contributed by atoms with Crippen LogP contribution >= 0.6 is 0 Å². The molecule has 2 nitrogen and oxygen atoms in total. The highest BCUT2D eigenvalue weighted by molar-refractivity contribution is 5.32. The van der Waals surface area contributed by atoms with E-state index >= 15 is 0 Å². The van der Waals surface area contributed by atoms with Crippen LogP contribution in [0, 0.1) is 5.92 Å². The quantitative estimate of drug-likeness (QED) is 0.626. The molecule has 18 heavy (non-hydrogen) atoms. The second-order valence-electron chi connectivity index (χ2n) is 4.55. The average Bonchev–Trinajstić information content (AvgIpc) is 2.34. The van der Waals surface area contributed by atoms with E-state index in [9.17, 15) is 13.2 Å². The maximum absolute atomic E-state index is 12.9. The largest absolute Gasteiger partial charge is 0.416 e. The lowest BCUT2D eigenvalue weighted by atomic mass is 9.91. The van der Waals surface area contributed by atoms with Gasteiger partial charge in [-0.05, 0) is 24.0 Å². The van der Waals surface area contributed by atoms with Crippen LogP contribution in [0.15, 0.2) is 24.3 Å². The minimum absolute atomic E-state index is 0.216. The highest BCUT2D eigenvalue weighted by Gasteiger charge is 2.34. The molecule has 102 valence electrons. The fourth-order valence-corrected chi connectivity index (χ4v) is 1.91. The predicted octanol–water partition coefficient (Wildman–Crippen LogP) is 3.65. The first-order valence-corrected chi connectivity index (χ1v) is 6.02. The van der Waals surface area contributed by atoms with Crippen LogP contribution in [0.5, 0.6) is 0 Å². The lowest BCUT2D eigenvalue weighted by molar-refractivity contribution is -0.138. The van der Waals surface area contributed by atoms with Crippen LogP contribution < -0.4 is 11.3 Å². The molecule has 0 aliphatic rings. The lowest BCUT2D eigenvalue weighted by Gasteiger charge is -2.23. The van der Waals surface area contributed by atoms with E-state index in [0.29, 0.717) is 12.3 Å². The van der Waals surface area contributed by atoms with Gasteiger partial charge in [0.1, 0.15) is 0 Å². The third-order valence-corrected chi connectivity index (χ3v) is 3.18. The number of hydrogen-bond donors (Lipinski definition) is 2. The molecule has 0 radical (unpaired) electrons. The van der Waals surface area contributed by atoms with Gasteiger partial charge in [0.05, 0.1) is 5.56 Å². The van der Waals surface area contributed by atoms with Crippen LogP contribution in [0.4, 0.5) is 13.2 Å². The van der Waals surface area contributed by atoms with Crippen molar-refractivity contribution < 1.29 is 13.2 Å². The zero-order valence-electron chi connectivity index (χ0n) is 10.6. The van der Waals surface area contributed by atoms with Crippen molar-refractivity contribution in [3.63, 3.8) is 0 Å². The number of halogens is 3. The number of rotatable bonds is 5. The molecule has 2 atom stereocenters. The van der Waals surface area contributed by atoms with E-state index in [-0.39, 0.29) is 5.56 Å². The van der Waals surface area contributed by atoms with Gasteiger partial charge >= 0.3 is 6.18 Å². The van der Waals surface area contributed by atoms with Gasteiger partial charge in [0, 0.05) is 6.04 Å². The van der Waals surface area contributed by atoms with E-state index < -0.39 is 17.8 Å². The summed E-state index contributed by atoms with van der Waals surface area (Å²) in [6.45, 7) is 4.01. The molecule has 2 unspecified atom stereocenters. The molecule has 0 saturated carbocycles. The number of benzene rings is 1. The Kier molecular flexibility index (Phi) is 5.16. The normalized spacial score (nSPS) is 15.4. The molecular weight excluding hydrogens is 241 g/mol. The predicted molar refractivity (Wildman–Crippen MR) is 65.6 cm³/mol. The minimum atomic E-state index is -4.35. The third-order valence-electron chi connectivity index (χ3n) is 3.18. The van der Waals surface area contributed by atoms with E-state index in [2.05, 4.69) is 5.43 Å². The van der Waals surface area contributed by atoms with Gasteiger partial charge in [-0.25, -0.2) is 0 Å². The first-order chi connectivity index (χ1) is 8.40. The highest BCUT2D eigenvalue weighted by Crippen LogP contribution is 2.36. The van der Waals surface area contributed by atoms with Crippen molar-refractivity contribution in [3.05, 3.63) is 35.4 Å². The molecule has 0 amide bonds. The fraction of sp³-hybridized carbons (Fsp3) is 0.538. The monoisotopic (exact) mass is 260 g/mol. The zero-order valence-corrected chi connectivity index (χ0v) is 10.6. The molecule has 0 aromatic heterocycles. The van der Waals surface area contributed by atoms with Crippen molar-refractivity contribution in [3.8, 4) is 0 Å². The molecule has 3 N–H and O–H groups in total. The van der Waals surface area contributed by atoms with Gasteiger partial charge in [-0.3, -0.25) is 11.3 Å². The highest BCUT2D eigenvalue weighted by atomic mass is 19.4. The fourth-order valence-electron chi connectivity index (χ4n) is 1.91. The van der Waals surface area contributed by atoms with Crippen LogP contribution in [-0.2, 0) is 6.18 Å². The molecule has 0 aliphatic heterocycles. The Balaban J connectivity index is 3.06. The summed E-state index contributed by atoms with van der Waals surface area (Å²) in [5, 5.41) is 0. The maximum Gasteiger partial charge on any atom is 0.416 e. The molecule has 0 bridgehead atoms. The van der Waals surface area contributed by atoms with Crippen LogP contribution in [-0.4, -0.2) is 0 Å². The lowest BCUT2D eigenvalue weighted by Crippen LogP contribution is -2.31. The van der Waals surface area contributed by atoms with Crippen molar-refractivity contribution in [2.45, 2.75) is 38.9 Å². The molecule has 1 rings (SSSR count). The molecule has 1 aromatic rings. The Morgan fingerprint density at radius 1 is 1.28 bits per heavy atom. The SMILES string of the molecule is CCC(C)CC(NN)c1ccccc1C(F)(F)F. The molecule has 0 fully saturated rings. The van der Waals surface area contributed by atoms with Gasteiger partial charge < -0.3 is 0 Å². The Morgan fingerprint density at radius 3 is 2.39 bits per heavy atom. The smallest absolute Gasteiger partial charge is 0.271 e. The van der Waals surface area contributed by atoms with Gasteiger partial charge in [0.15, 0.2) is 0 Å². The second-order valence-corrected chi connectivity index (χ2v) is 4.55. The third kappa shape index (κ3) is 3.71. The van der Waals surface area contributed by atoms with Crippen LogP contribution in [0.25, 0.3) is 0 Å². The Bertz CT molecular complexity index is 377. The van der Waals surface area contributed by atoms with Crippen molar-refractivity contribution in [1.29, 1.82) is 0 Å². The molecule has 0 saturated heterocycles. The Labute approximate surface area is 105 Å². The Morgan fingerprint density at radius 2 is 1.89 bits per heavy atom. The van der Waals surface area contributed by atoms with Crippen molar-refractivity contribution in [1.82, 2.24) is 5.43 Å². The van der Waals surface area contributed by atoms with Crippen molar-refractivity contribution in [2.24, 2.45) is 11.8 Å². The van der Waals surface area contributed by atoms with E-state index in [1.54, 1.807) is 6.07 Å². The summed E-state index contributed by atoms with van der Waals surface area (Å²) in [5.74, 6) is 5.71. The molecule has 0 heterocycles. The Hall–Kier alpha value is -1.07. The van der Waals surface area contributed by atoms with Gasteiger partial charge in [-0.2, -0.15) is 13.2 Å². The van der Waals surface area contributed by atoms with Gasteiger partial charge in [-0.15, -0.1) is 0 Å². The van der Waals surface area contributed by atoms with Crippen LogP contribution in [0.2, 0.25) is 0 Å². The summed E-state index contributed by atoms with van der Waals surface area (Å²) >= 11 is 0. The van der Waals surface area contributed by atoms with Gasteiger partial charge in [-0.1, -0.05) is 38.5 Å². The zero-order chi connectivity index (χ0) is 13.8. The summed E-state index contributed by atoms with van der Waals surface area (Å²) in [6, 6.07) is 5.10. The first kappa shape index (κ1) is 15.0. The molecule has 0 aliphatic carbocycles. The standard InChI is InChI=1S/C13H19F3N2/c1-3-9(2)8-12(18-17)10-6-4-5-7-11(10)13(14,15)16/h4-7,9,12,18H,3,8,17H2,1-2H3. The van der Waals surface area contributed by atoms with Gasteiger partial charge in [0.25, 0.3) is 0 Å². The molecular formula is C13H19F3N2. The molecule has 1 aromatic carbocycles. The van der Waals surface area contributed by atoms with Gasteiger partial charge in [0.2, 0.25) is 0 Å². The summed E-state index contributed by atoms with van der Waals surface area (Å²) < 4.78 is 38.7. The molecule has 5 heteroatoms. The topological polar surface area (TPSA) is 38.0 Å². The molecule has 0 spiro atoms. The maximum atomic E-state index is 12.9. The van der Waals surface area contributed by atoms with E-state index in [0.717, 1.165) is 12.5 Å². The van der Waals surface area contributed by atoms with Crippen molar-refractivity contribution in [2.75, 3.05) is 0 Å². The van der Waals surface area contributed by atoms with E-state index in [4.69, 9.17) is 5.84 Å².